The van der Waals surface area contributed by atoms with E-state index in [0.717, 1.165) is 5.56 Å². The highest BCUT2D eigenvalue weighted by Crippen LogP contribution is 2.50. The number of aromatic nitrogens is 2. The zero-order valence-electron chi connectivity index (χ0n) is 23.7. The van der Waals surface area contributed by atoms with Gasteiger partial charge >= 0.3 is 11.7 Å². The van der Waals surface area contributed by atoms with Gasteiger partial charge < -0.3 is 4.74 Å². The first kappa shape index (κ1) is 29.6. The predicted molar refractivity (Wildman–Crippen MR) is 159 cm³/mol. The Morgan fingerprint density at radius 2 is 1.59 bits per heavy atom. The Bertz CT molecular complexity index is 1840. The maximum atomic E-state index is 14.1. The topological polar surface area (TPSA) is 111 Å². The van der Waals surface area contributed by atoms with Crippen LogP contribution in [-0.4, -0.2) is 40.0 Å². The van der Waals surface area contributed by atoms with Gasteiger partial charge in [0.05, 0.1) is 34.9 Å². The molecular formula is C32H29ClF2N4O5. The van der Waals surface area contributed by atoms with Gasteiger partial charge in [0.25, 0.3) is 5.91 Å². The number of amides is 2. The summed E-state index contributed by atoms with van der Waals surface area (Å²) in [6.45, 7) is 0. The van der Waals surface area contributed by atoms with Crippen LogP contribution in [0.1, 0.15) is 64.8 Å². The van der Waals surface area contributed by atoms with Crippen molar-refractivity contribution in [2.24, 2.45) is 5.92 Å². The molecule has 2 aliphatic carbocycles. The fourth-order valence-electron chi connectivity index (χ4n) is 6.00. The van der Waals surface area contributed by atoms with Crippen molar-refractivity contribution in [2.45, 2.75) is 50.0 Å². The lowest BCUT2D eigenvalue weighted by Gasteiger charge is -2.27. The van der Waals surface area contributed by atoms with E-state index < -0.39 is 35.2 Å². The van der Waals surface area contributed by atoms with Crippen LogP contribution in [0.2, 0.25) is 5.02 Å². The third-order valence-electron chi connectivity index (χ3n) is 8.55. The second-order valence-electron chi connectivity index (χ2n) is 11.3. The van der Waals surface area contributed by atoms with Crippen LogP contribution in [0.25, 0.3) is 16.7 Å². The molecule has 2 amide bonds. The first-order valence-electron chi connectivity index (χ1n) is 14.2. The third kappa shape index (κ3) is 5.36. The molecule has 44 heavy (non-hydrogen) atoms. The first-order chi connectivity index (χ1) is 21.0. The molecule has 0 spiro atoms. The molecule has 0 unspecified atom stereocenters. The molecule has 0 aliphatic heterocycles. The number of imidazole rings is 1. The van der Waals surface area contributed by atoms with E-state index in [2.05, 4.69) is 10.9 Å². The number of methoxy groups -OCH3 is 1. The van der Waals surface area contributed by atoms with E-state index in [1.807, 2.05) is 6.07 Å². The van der Waals surface area contributed by atoms with Gasteiger partial charge in [0.15, 0.2) is 0 Å². The standard InChI is InChI=1S/C32H29ClF2N4O5/c1-44-29(42)21-3-2-4-22(17-21)31(15-16-31)39-25-10-7-23(33)18-26(25)38(30(39)43)24-8-5-19(6-9-24)27(40)36-37-28(41)20-11-13-32(34,35)14-12-20/h2-10,17-18,20H,11-16H2,1H3,(H,36,40)(H,37,41). The molecule has 2 N–H and O–H groups in total. The van der Waals surface area contributed by atoms with Crippen LogP contribution < -0.4 is 16.5 Å². The van der Waals surface area contributed by atoms with Crippen LogP contribution >= 0.6 is 11.6 Å². The number of nitrogens with zero attached hydrogens (tertiary/aromatic N) is 2. The van der Waals surface area contributed by atoms with Crippen molar-refractivity contribution in [1.82, 2.24) is 20.0 Å². The summed E-state index contributed by atoms with van der Waals surface area (Å²) in [5, 5.41) is 0.439. The average molecular weight is 623 g/mol. The lowest BCUT2D eigenvalue weighted by molar-refractivity contribution is -0.129. The van der Waals surface area contributed by atoms with Crippen molar-refractivity contribution in [3.05, 3.63) is 98.9 Å². The summed E-state index contributed by atoms with van der Waals surface area (Å²) in [6.07, 6.45) is 0.757. The lowest BCUT2D eigenvalue weighted by atomic mass is 9.86. The molecule has 1 aromatic heterocycles. The van der Waals surface area contributed by atoms with Crippen LogP contribution in [0.4, 0.5) is 8.78 Å². The van der Waals surface area contributed by atoms with E-state index in [1.54, 1.807) is 53.1 Å². The van der Waals surface area contributed by atoms with Crippen molar-refractivity contribution >= 4 is 40.4 Å². The summed E-state index contributed by atoms with van der Waals surface area (Å²) in [4.78, 5) is 51.5. The van der Waals surface area contributed by atoms with Gasteiger partial charge in [0, 0.05) is 29.3 Å². The van der Waals surface area contributed by atoms with Gasteiger partial charge in [-0.05, 0) is 85.8 Å². The fraction of sp³-hybridized carbons (Fsp3) is 0.312. The largest absolute Gasteiger partial charge is 0.465 e. The van der Waals surface area contributed by atoms with Crippen molar-refractivity contribution in [3.8, 4) is 5.69 Å². The van der Waals surface area contributed by atoms with Crippen molar-refractivity contribution < 1.29 is 27.9 Å². The quantitative estimate of drug-likeness (QED) is 0.222. The van der Waals surface area contributed by atoms with E-state index in [9.17, 15) is 28.0 Å². The van der Waals surface area contributed by atoms with E-state index >= 15 is 0 Å². The van der Waals surface area contributed by atoms with E-state index in [1.165, 1.54) is 23.8 Å². The molecule has 228 valence electrons. The minimum Gasteiger partial charge on any atom is -0.465 e. The molecule has 3 aromatic carbocycles. The molecule has 6 rings (SSSR count). The molecule has 12 heteroatoms. The summed E-state index contributed by atoms with van der Waals surface area (Å²) in [5.74, 6) is -4.91. The highest BCUT2D eigenvalue weighted by Gasteiger charge is 2.49. The molecule has 0 radical (unpaired) electrons. The number of ether oxygens (including phenoxy) is 1. The van der Waals surface area contributed by atoms with Gasteiger partial charge in [-0.2, -0.15) is 0 Å². The molecule has 0 bridgehead atoms. The Morgan fingerprint density at radius 3 is 2.25 bits per heavy atom. The molecule has 2 saturated carbocycles. The SMILES string of the molecule is COC(=O)c1cccc(C2(n3c(=O)n(-c4ccc(C(=O)NNC(=O)C5CCC(F)(F)CC5)cc4)c4cc(Cl)ccc43)CC2)c1. The second kappa shape index (κ2) is 11.2. The van der Waals surface area contributed by atoms with Gasteiger partial charge in [-0.15, -0.1) is 0 Å². The van der Waals surface area contributed by atoms with Crippen LogP contribution in [0, 0.1) is 5.92 Å². The molecule has 4 aromatic rings. The first-order valence-corrected chi connectivity index (χ1v) is 14.6. The minimum atomic E-state index is -2.75. The Hall–Kier alpha value is -4.51. The van der Waals surface area contributed by atoms with Crippen LogP contribution in [-0.2, 0) is 15.1 Å². The molecule has 2 aliphatic rings. The van der Waals surface area contributed by atoms with Gasteiger partial charge in [-0.25, -0.2) is 18.4 Å². The summed E-state index contributed by atoms with van der Waals surface area (Å²) in [7, 11) is 1.32. The van der Waals surface area contributed by atoms with Crippen molar-refractivity contribution in [2.75, 3.05) is 7.11 Å². The molecular weight excluding hydrogens is 594 g/mol. The number of alkyl halides is 2. The number of rotatable bonds is 6. The number of hydrogen-bond donors (Lipinski definition) is 2. The van der Waals surface area contributed by atoms with Crippen molar-refractivity contribution in [1.29, 1.82) is 0 Å². The van der Waals surface area contributed by atoms with Crippen LogP contribution in [0.5, 0.6) is 0 Å². The minimum absolute atomic E-state index is 0.0494. The number of hydrazine groups is 1. The third-order valence-corrected chi connectivity index (χ3v) is 8.78. The molecule has 2 fully saturated rings. The lowest BCUT2D eigenvalue weighted by Crippen LogP contribution is -2.45. The maximum absolute atomic E-state index is 14.1. The number of halogens is 3. The number of carbonyl (C=O) groups excluding carboxylic acids is 3. The normalized spacial score (nSPS) is 17.2. The van der Waals surface area contributed by atoms with Crippen molar-refractivity contribution in [3.63, 3.8) is 0 Å². The molecule has 0 atom stereocenters. The highest BCUT2D eigenvalue weighted by molar-refractivity contribution is 6.31. The molecule has 9 nitrogen and oxygen atoms in total. The number of nitrogens with one attached hydrogen (secondary N) is 2. The number of benzene rings is 3. The Balaban J connectivity index is 1.27. The molecule has 0 saturated heterocycles. The second-order valence-corrected chi connectivity index (χ2v) is 11.7. The number of fused-ring (bicyclic) bond motifs is 1. The predicted octanol–water partition coefficient (Wildman–Crippen LogP) is 5.36. The highest BCUT2D eigenvalue weighted by atomic mass is 35.5. The number of esters is 1. The number of carbonyl (C=O) groups is 3. The zero-order chi connectivity index (χ0) is 31.2. The van der Waals surface area contributed by atoms with Crippen LogP contribution in [0.3, 0.4) is 0 Å². The van der Waals surface area contributed by atoms with Gasteiger partial charge in [0.1, 0.15) is 0 Å². The summed E-state index contributed by atoms with van der Waals surface area (Å²) < 4.78 is 35.0. The fourth-order valence-corrected chi connectivity index (χ4v) is 6.17. The Morgan fingerprint density at radius 1 is 0.886 bits per heavy atom. The van der Waals surface area contributed by atoms with Gasteiger partial charge in [-0.1, -0.05) is 23.7 Å². The Kier molecular flexibility index (Phi) is 7.53. The van der Waals surface area contributed by atoms with E-state index in [4.69, 9.17) is 16.3 Å². The monoisotopic (exact) mass is 622 g/mol. The average Bonchev–Trinajstić information content (AvgIpc) is 3.77. The number of hydrogen-bond acceptors (Lipinski definition) is 5. The maximum Gasteiger partial charge on any atom is 0.337 e. The van der Waals surface area contributed by atoms with Crippen LogP contribution in [0.15, 0.2) is 71.5 Å². The summed E-state index contributed by atoms with van der Waals surface area (Å²) >= 11 is 6.35. The Labute approximate surface area is 255 Å². The van der Waals surface area contributed by atoms with Gasteiger partial charge in [-0.3, -0.25) is 29.6 Å². The summed E-state index contributed by atoms with van der Waals surface area (Å²) in [5.41, 5.74) is 6.84. The summed E-state index contributed by atoms with van der Waals surface area (Å²) in [6, 6.07) is 18.5. The van der Waals surface area contributed by atoms with E-state index in [-0.39, 0.29) is 36.9 Å². The molecule has 1 heterocycles. The smallest absolute Gasteiger partial charge is 0.337 e. The van der Waals surface area contributed by atoms with Gasteiger partial charge in [0.2, 0.25) is 11.8 Å². The van der Waals surface area contributed by atoms with E-state index in [0.29, 0.717) is 40.1 Å². The zero-order valence-corrected chi connectivity index (χ0v) is 24.5.